The van der Waals surface area contributed by atoms with Gasteiger partial charge in [-0.1, -0.05) is 5.16 Å². The standard InChI is InChI=1S/C12H11F6N3O4S/c1-3-5-4-6(20-25-5)26(22,23)9(13)7-8(12(16,17)18)19-21(2)10(7)24-11(14)15/h3,9,11H,4H2,1-2H3/b5-3-. The monoisotopic (exact) mass is 407 g/mol. The summed E-state index contributed by atoms with van der Waals surface area (Å²) >= 11 is 0. The first-order valence-electron chi connectivity index (χ1n) is 6.75. The van der Waals surface area contributed by atoms with Gasteiger partial charge in [0, 0.05) is 7.05 Å². The molecule has 146 valence electrons. The number of hydrogen-bond donors (Lipinski definition) is 0. The van der Waals surface area contributed by atoms with Crippen molar-refractivity contribution in [1.82, 2.24) is 9.78 Å². The number of aromatic nitrogens is 2. The van der Waals surface area contributed by atoms with E-state index < -0.39 is 56.7 Å². The van der Waals surface area contributed by atoms with Crippen molar-refractivity contribution in [3.63, 3.8) is 0 Å². The number of aryl methyl sites for hydroxylation is 1. The summed E-state index contributed by atoms with van der Waals surface area (Å²) in [6.45, 7) is -2.17. The van der Waals surface area contributed by atoms with Crippen molar-refractivity contribution in [2.24, 2.45) is 12.2 Å². The molecule has 0 N–H and O–H groups in total. The van der Waals surface area contributed by atoms with E-state index in [0.717, 1.165) is 7.05 Å². The molecule has 2 rings (SSSR count). The molecule has 0 saturated carbocycles. The Bertz CT molecular complexity index is 859. The lowest BCUT2D eigenvalue weighted by atomic mass is 10.2. The Balaban J connectivity index is 2.58. The number of allylic oxidation sites excluding steroid dienone is 2. The summed E-state index contributed by atoms with van der Waals surface area (Å²) in [5.41, 5.74) is -7.09. The molecule has 7 nitrogen and oxygen atoms in total. The zero-order valence-corrected chi connectivity index (χ0v) is 13.9. The Kier molecular flexibility index (Phi) is 5.26. The van der Waals surface area contributed by atoms with E-state index in [4.69, 9.17) is 0 Å². The molecule has 0 spiro atoms. The van der Waals surface area contributed by atoms with Crippen LogP contribution in [0.4, 0.5) is 26.3 Å². The largest absolute Gasteiger partial charge is 0.435 e. The van der Waals surface area contributed by atoms with Gasteiger partial charge in [-0.15, -0.1) is 0 Å². The highest BCUT2D eigenvalue weighted by Gasteiger charge is 2.48. The molecule has 0 bridgehead atoms. The van der Waals surface area contributed by atoms with E-state index in [-0.39, 0.29) is 10.4 Å². The molecule has 2 heterocycles. The average molecular weight is 407 g/mol. The fraction of sp³-hybridized carbons (Fsp3) is 0.500. The first-order valence-corrected chi connectivity index (χ1v) is 8.30. The number of sulfone groups is 1. The molecule has 1 aromatic heterocycles. The topological polar surface area (TPSA) is 82.8 Å². The van der Waals surface area contributed by atoms with Crippen LogP contribution in [0.1, 0.15) is 30.1 Å². The molecule has 1 aromatic rings. The summed E-state index contributed by atoms with van der Waals surface area (Å²) in [5.74, 6) is -1.34. The van der Waals surface area contributed by atoms with Gasteiger partial charge in [-0.25, -0.2) is 17.5 Å². The summed E-state index contributed by atoms with van der Waals surface area (Å²) < 4.78 is 107. The van der Waals surface area contributed by atoms with Crippen molar-refractivity contribution >= 4 is 14.9 Å². The van der Waals surface area contributed by atoms with Crippen LogP contribution >= 0.6 is 0 Å². The number of nitrogens with zero attached hydrogens (tertiary/aromatic N) is 3. The smallest absolute Gasteiger partial charge is 0.417 e. The highest BCUT2D eigenvalue weighted by atomic mass is 32.2. The maximum atomic E-state index is 14.7. The third kappa shape index (κ3) is 3.64. The van der Waals surface area contributed by atoms with Gasteiger partial charge in [0.1, 0.15) is 5.76 Å². The van der Waals surface area contributed by atoms with Crippen molar-refractivity contribution in [3.8, 4) is 5.88 Å². The summed E-state index contributed by atoms with van der Waals surface area (Å²) in [6.07, 6.45) is -4.50. The van der Waals surface area contributed by atoms with E-state index in [1.54, 1.807) is 0 Å². The van der Waals surface area contributed by atoms with Crippen LogP contribution in [0.2, 0.25) is 0 Å². The second-order valence-corrected chi connectivity index (χ2v) is 6.91. The molecule has 1 atom stereocenters. The van der Waals surface area contributed by atoms with Crippen LogP contribution in [-0.4, -0.2) is 29.9 Å². The summed E-state index contributed by atoms with van der Waals surface area (Å²) in [4.78, 5) is 4.59. The first-order chi connectivity index (χ1) is 11.9. The maximum absolute atomic E-state index is 14.7. The Labute approximate surface area is 142 Å². The maximum Gasteiger partial charge on any atom is 0.435 e. The van der Waals surface area contributed by atoms with Gasteiger partial charge in [-0.05, 0) is 13.0 Å². The molecule has 0 radical (unpaired) electrons. The predicted octanol–water partition coefficient (Wildman–Crippen LogP) is 3.06. The molecule has 0 saturated heterocycles. The molecule has 26 heavy (non-hydrogen) atoms. The van der Waals surface area contributed by atoms with E-state index in [0.29, 0.717) is 0 Å². The van der Waals surface area contributed by atoms with E-state index in [1.807, 2.05) is 0 Å². The van der Waals surface area contributed by atoms with Crippen LogP contribution in [0.5, 0.6) is 5.88 Å². The van der Waals surface area contributed by atoms with Crippen molar-refractivity contribution in [3.05, 3.63) is 23.1 Å². The summed E-state index contributed by atoms with van der Waals surface area (Å²) in [5, 5.41) is 5.10. The Morgan fingerprint density at radius 1 is 1.31 bits per heavy atom. The quantitative estimate of drug-likeness (QED) is 0.717. The summed E-state index contributed by atoms with van der Waals surface area (Å²) in [6, 6.07) is 0. The second-order valence-electron chi connectivity index (χ2n) is 4.94. The molecule has 0 aliphatic carbocycles. The number of rotatable bonds is 4. The number of hydrogen-bond acceptors (Lipinski definition) is 6. The third-order valence-electron chi connectivity index (χ3n) is 3.24. The van der Waals surface area contributed by atoms with Crippen molar-refractivity contribution in [2.75, 3.05) is 0 Å². The Morgan fingerprint density at radius 2 is 1.92 bits per heavy atom. The molecule has 1 aliphatic rings. The van der Waals surface area contributed by atoms with Gasteiger partial charge in [0.05, 0.1) is 12.0 Å². The van der Waals surface area contributed by atoms with E-state index in [2.05, 4.69) is 19.8 Å². The molecule has 0 amide bonds. The van der Waals surface area contributed by atoms with Gasteiger partial charge in [-0.3, -0.25) is 0 Å². The van der Waals surface area contributed by atoms with Crippen LogP contribution in [0.3, 0.4) is 0 Å². The zero-order valence-electron chi connectivity index (χ0n) is 13.1. The highest BCUT2D eigenvalue weighted by molar-refractivity contribution is 8.06. The lowest BCUT2D eigenvalue weighted by molar-refractivity contribution is -0.142. The molecule has 14 heteroatoms. The van der Waals surface area contributed by atoms with Crippen LogP contribution in [0.25, 0.3) is 0 Å². The molecular formula is C12H11F6N3O4S. The number of ether oxygens (including phenoxy) is 1. The van der Waals surface area contributed by atoms with Gasteiger partial charge in [0.25, 0.3) is 0 Å². The molecule has 1 aliphatic heterocycles. The van der Waals surface area contributed by atoms with Gasteiger partial charge in [-0.2, -0.15) is 27.1 Å². The number of alkyl halides is 6. The van der Waals surface area contributed by atoms with Gasteiger partial charge in [0.2, 0.25) is 21.2 Å². The van der Waals surface area contributed by atoms with Crippen LogP contribution in [-0.2, 0) is 27.9 Å². The van der Waals surface area contributed by atoms with Crippen LogP contribution < -0.4 is 4.74 Å². The number of halogens is 6. The zero-order chi connectivity index (χ0) is 19.9. The molecule has 0 fully saturated rings. The molecule has 1 unspecified atom stereocenters. The van der Waals surface area contributed by atoms with E-state index in [9.17, 15) is 34.8 Å². The third-order valence-corrected chi connectivity index (χ3v) is 4.89. The van der Waals surface area contributed by atoms with Crippen LogP contribution in [0, 0.1) is 0 Å². The normalized spacial score (nSPS) is 18.2. The minimum atomic E-state index is -5.32. The average Bonchev–Trinajstić information content (AvgIpc) is 3.11. The minimum absolute atomic E-state index is 0.0297. The van der Waals surface area contributed by atoms with Crippen molar-refractivity contribution in [1.29, 1.82) is 0 Å². The lowest BCUT2D eigenvalue weighted by Gasteiger charge is -2.13. The van der Waals surface area contributed by atoms with Gasteiger partial charge in [0.15, 0.2) is 10.7 Å². The minimum Gasteiger partial charge on any atom is -0.417 e. The van der Waals surface area contributed by atoms with Crippen LogP contribution in [0.15, 0.2) is 17.0 Å². The highest BCUT2D eigenvalue weighted by Crippen LogP contribution is 2.43. The fourth-order valence-electron chi connectivity index (χ4n) is 2.07. The lowest BCUT2D eigenvalue weighted by Crippen LogP contribution is -2.22. The molecular weight excluding hydrogens is 396 g/mol. The predicted molar refractivity (Wildman–Crippen MR) is 74.5 cm³/mol. The molecule has 0 aromatic carbocycles. The van der Waals surface area contributed by atoms with Crippen molar-refractivity contribution in [2.45, 2.75) is 31.6 Å². The fourth-order valence-corrected chi connectivity index (χ4v) is 3.31. The Morgan fingerprint density at radius 3 is 2.38 bits per heavy atom. The number of oxime groups is 1. The van der Waals surface area contributed by atoms with Crippen molar-refractivity contribution < 1.29 is 44.3 Å². The van der Waals surface area contributed by atoms with E-state index >= 15 is 0 Å². The SMILES string of the molecule is C/C=C1/CC(S(=O)(=O)C(F)c2c(C(F)(F)F)nn(C)c2OC(F)F)=NO1. The summed E-state index contributed by atoms with van der Waals surface area (Å²) in [7, 11) is -4.36. The first kappa shape index (κ1) is 20.1. The van der Waals surface area contributed by atoms with E-state index in [1.165, 1.54) is 13.0 Å². The second kappa shape index (κ2) is 6.81. The van der Waals surface area contributed by atoms with Gasteiger partial charge >= 0.3 is 12.8 Å². The van der Waals surface area contributed by atoms with Gasteiger partial charge < -0.3 is 9.57 Å². The Hall–Kier alpha value is -2.25.